The SMILES string of the molecule is CC(=O)OC1CC[C@H]2[C@@H]3CCC4=C(C)C(=O)CC[C@]4(C)[C@H]3CC[C@]12C. The molecule has 3 fully saturated rings. The summed E-state index contributed by atoms with van der Waals surface area (Å²) in [6, 6.07) is 0. The van der Waals surface area contributed by atoms with Crippen molar-refractivity contribution in [2.75, 3.05) is 0 Å². The van der Waals surface area contributed by atoms with Crippen LogP contribution in [0.3, 0.4) is 0 Å². The molecule has 138 valence electrons. The van der Waals surface area contributed by atoms with Gasteiger partial charge in [0.05, 0.1) is 0 Å². The predicted molar refractivity (Wildman–Crippen MR) is 96.9 cm³/mol. The van der Waals surface area contributed by atoms with E-state index < -0.39 is 0 Å². The Morgan fingerprint density at radius 1 is 1.04 bits per heavy atom. The number of Topliss-reactive ketones (excluding diaryl/α,β-unsaturated/α-hetero) is 1. The first kappa shape index (κ1) is 17.3. The van der Waals surface area contributed by atoms with Gasteiger partial charge in [-0.05, 0) is 80.6 Å². The molecule has 4 aliphatic rings. The Labute approximate surface area is 151 Å². The zero-order chi connectivity index (χ0) is 18.0. The fraction of sp³-hybridized carbons (Fsp3) is 0.818. The number of rotatable bonds is 1. The average molecular weight is 344 g/mol. The number of fused-ring (bicyclic) bond motifs is 5. The molecule has 0 spiro atoms. The maximum Gasteiger partial charge on any atom is 0.302 e. The zero-order valence-electron chi connectivity index (χ0n) is 16.2. The summed E-state index contributed by atoms with van der Waals surface area (Å²) >= 11 is 0. The van der Waals surface area contributed by atoms with Crippen molar-refractivity contribution in [3.8, 4) is 0 Å². The minimum Gasteiger partial charge on any atom is -0.462 e. The Bertz CT molecular complexity index is 648. The van der Waals surface area contributed by atoms with Crippen molar-refractivity contribution in [3.05, 3.63) is 11.1 Å². The van der Waals surface area contributed by atoms with E-state index in [1.165, 1.54) is 24.8 Å². The highest BCUT2D eigenvalue weighted by Crippen LogP contribution is 2.66. The van der Waals surface area contributed by atoms with E-state index in [4.69, 9.17) is 4.74 Å². The number of carbonyl (C=O) groups excluding carboxylic acids is 2. The molecule has 3 saturated carbocycles. The summed E-state index contributed by atoms with van der Waals surface area (Å²) in [5, 5.41) is 0. The van der Waals surface area contributed by atoms with Gasteiger partial charge < -0.3 is 4.74 Å². The highest BCUT2D eigenvalue weighted by Gasteiger charge is 2.60. The van der Waals surface area contributed by atoms with E-state index in [0.717, 1.165) is 43.6 Å². The van der Waals surface area contributed by atoms with Gasteiger partial charge in [-0.15, -0.1) is 0 Å². The number of allylic oxidation sites excluding steroid dienone is 1. The van der Waals surface area contributed by atoms with Crippen LogP contribution in [0.15, 0.2) is 11.1 Å². The van der Waals surface area contributed by atoms with Crippen molar-refractivity contribution in [2.45, 2.75) is 85.2 Å². The van der Waals surface area contributed by atoms with Gasteiger partial charge in [0, 0.05) is 18.8 Å². The van der Waals surface area contributed by atoms with Crippen LogP contribution in [0.5, 0.6) is 0 Å². The second-order valence-electron chi connectivity index (χ2n) is 9.58. The first-order valence-electron chi connectivity index (χ1n) is 10.2. The standard InChI is InChI=1S/C22H32O3/c1-13-16-6-5-15-17-7-8-20(25-14(2)23)22(17,4)11-9-18(15)21(16,3)12-10-19(13)24/h15,17-18,20H,5-12H2,1-4H3/t15-,17-,18-,20?,21-,22-/m0/s1. The van der Waals surface area contributed by atoms with Gasteiger partial charge in [-0.25, -0.2) is 0 Å². The lowest BCUT2D eigenvalue weighted by atomic mass is 9.47. The number of hydrogen-bond donors (Lipinski definition) is 0. The van der Waals surface area contributed by atoms with Crippen molar-refractivity contribution in [1.29, 1.82) is 0 Å². The Morgan fingerprint density at radius 2 is 1.80 bits per heavy atom. The minimum atomic E-state index is -0.128. The van der Waals surface area contributed by atoms with Crippen molar-refractivity contribution >= 4 is 11.8 Å². The highest BCUT2D eigenvalue weighted by atomic mass is 16.5. The van der Waals surface area contributed by atoms with Gasteiger partial charge in [-0.1, -0.05) is 19.4 Å². The second kappa shape index (κ2) is 5.69. The Kier molecular flexibility index (Phi) is 3.94. The lowest BCUT2D eigenvalue weighted by molar-refractivity contribution is -0.157. The van der Waals surface area contributed by atoms with Crippen molar-refractivity contribution in [3.63, 3.8) is 0 Å². The third-order valence-electron chi connectivity index (χ3n) is 8.64. The fourth-order valence-electron chi connectivity index (χ4n) is 7.33. The van der Waals surface area contributed by atoms with Crippen LogP contribution in [0.1, 0.15) is 79.1 Å². The number of ether oxygens (including phenoxy) is 1. The summed E-state index contributed by atoms with van der Waals surface area (Å²) < 4.78 is 5.73. The Balaban J connectivity index is 1.65. The summed E-state index contributed by atoms with van der Waals surface area (Å²) in [6.45, 7) is 8.42. The van der Waals surface area contributed by atoms with Crippen LogP contribution in [0, 0.1) is 28.6 Å². The number of carbonyl (C=O) groups is 2. The van der Waals surface area contributed by atoms with Crippen LogP contribution in [-0.4, -0.2) is 17.9 Å². The van der Waals surface area contributed by atoms with E-state index in [2.05, 4.69) is 20.8 Å². The number of esters is 1. The molecule has 6 atom stereocenters. The quantitative estimate of drug-likeness (QED) is 0.639. The molecule has 0 aromatic rings. The van der Waals surface area contributed by atoms with E-state index >= 15 is 0 Å². The Hall–Kier alpha value is -1.12. The normalized spacial score (nSPS) is 46.3. The van der Waals surface area contributed by atoms with Gasteiger partial charge in [0.1, 0.15) is 6.10 Å². The third-order valence-corrected chi connectivity index (χ3v) is 8.64. The third kappa shape index (κ3) is 2.37. The fourth-order valence-corrected chi connectivity index (χ4v) is 7.33. The molecule has 3 nitrogen and oxygen atoms in total. The Morgan fingerprint density at radius 3 is 2.52 bits per heavy atom. The molecule has 0 N–H and O–H groups in total. The summed E-state index contributed by atoms with van der Waals surface area (Å²) in [5.74, 6) is 2.35. The van der Waals surface area contributed by atoms with Crippen molar-refractivity contribution < 1.29 is 14.3 Å². The van der Waals surface area contributed by atoms with Gasteiger partial charge in [0.25, 0.3) is 0 Å². The molecule has 0 radical (unpaired) electrons. The number of ketones is 1. The van der Waals surface area contributed by atoms with Gasteiger partial charge in [0.2, 0.25) is 0 Å². The van der Waals surface area contributed by atoms with Crippen LogP contribution >= 0.6 is 0 Å². The van der Waals surface area contributed by atoms with Crippen LogP contribution in [0.2, 0.25) is 0 Å². The van der Waals surface area contributed by atoms with Gasteiger partial charge in [-0.2, -0.15) is 0 Å². The number of hydrogen-bond acceptors (Lipinski definition) is 3. The van der Waals surface area contributed by atoms with E-state index in [1.54, 1.807) is 6.92 Å². The van der Waals surface area contributed by atoms with Crippen LogP contribution in [0.4, 0.5) is 0 Å². The average Bonchev–Trinajstić information content (AvgIpc) is 2.88. The van der Waals surface area contributed by atoms with Crippen LogP contribution < -0.4 is 0 Å². The molecular formula is C22H32O3. The van der Waals surface area contributed by atoms with E-state index in [-0.39, 0.29) is 22.9 Å². The van der Waals surface area contributed by atoms with Gasteiger partial charge in [-0.3, -0.25) is 9.59 Å². The zero-order valence-corrected chi connectivity index (χ0v) is 16.2. The van der Waals surface area contributed by atoms with E-state index in [1.807, 2.05) is 0 Å². The second-order valence-corrected chi connectivity index (χ2v) is 9.58. The summed E-state index contributed by atoms with van der Waals surface area (Å²) in [7, 11) is 0. The molecule has 0 heterocycles. The highest BCUT2D eigenvalue weighted by molar-refractivity contribution is 5.96. The minimum absolute atomic E-state index is 0.107. The van der Waals surface area contributed by atoms with E-state index in [0.29, 0.717) is 17.6 Å². The smallest absolute Gasteiger partial charge is 0.302 e. The largest absolute Gasteiger partial charge is 0.462 e. The molecule has 0 saturated heterocycles. The molecule has 4 rings (SSSR count). The monoisotopic (exact) mass is 344 g/mol. The summed E-state index contributed by atoms with van der Waals surface area (Å²) in [5.41, 5.74) is 2.93. The molecule has 4 aliphatic carbocycles. The molecule has 0 aromatic heterocycles. The van der Waals surface area contributed by atoms with Gasteiger partial charge in [0.15, 0.2) is 5.78 Å². The maximum atomic E-state index is 12.2. The summed E-state index contributed by atoms with van der Waals surface area (Å²) in [6.07, 6.45) is 8.79. The molecule has 0 bridgehead atoms. The molecule has 0 amide bonds. The maximum absolute atomic E-state index is 12.2. The van der Waals surface area contributed by atoms with Crippen LogP contribution in [-0.2, 0) is 14.3 Å². The molecular weight excluding hydrogens is 312 g/mol. The molecule has 0 aliphatic heterocycles. The topological polar surface area (TPSA) is 43.4 Å². The molecule has 1 unspecified atom stereocenters. The molecule has 25 heavy (non-hydrogen) atoms. The van der Waals surface area contributed by atoms with Crippen LogP contribution in [0.25, 0.3) is 0 Å². The first-order chi connectivity index (χ1) is 11.8. The van der Waals surface area contributed by atoms with Crippen molar-refractivity contribution in [1.82, 2.24) is 0 Å². The first-order valence-corrected chi connectivity index (χ1v) is 10.2. The lowest BCUT2D eigenvalue weighted by Gasteiger charge is -2.58. The van der Waals surface area contributed by atoms with E-state index in [9.17, 15) is 9.59 Å². The lowest BCUT2D eigenvalue weighted by Crippen LogP contribution is -2.52. The molecule has 3 heteroatoms. The molecule has 0 aromatic carbocycles. The summed E-state index contributed by atoms with van der Waals surface area (Å²) in [4.78, 5) is 23.8. The van der Waals surface area contributed by atoms with Gasteiger partial charge >= 0.3 is 5.97 Å². The van der Waals surface area contributed by atoms with Crippen molar-refractivity contribution in [2.24, 2.45) is 28.6 Å². The predicted octanol–water partition coefficient (Wildman–Crippen LogP) is 4.84.